The van der Waals surface area contributed by atoms with E-state index in [0.717, 1.165) is 6.04 Å². The molecule has 0 atom stereocenters. The van der Waals surface area contributed by atoms with Crippen LogP contribution in [0.3, 0.4) is 0 Å². The first-order valence-electron chi connectivity index (χ1n) is 5.87. The van der Waals surface area contributed by atoms with Gasteiger partial charge in [-0.3, -0.25) is 4.90 Å². The lowest BCUT2D eigenvalue weighted by Gasteiger charge is -2.41. The minimum atomic E-state index is 0.875. The van der Waals surface area contributed by atoms with Crippen molar-refractivity contribution in [2.24, 2.45) is 0 Å². The highest BCUT2D eigenvalue weighted by molar-refractivity contribution is 4.81. The Morgan fingerprint density at radius 1 is 0.714 bits per heavy atom. The Bertz CT molecular complexity index is 147. The van der Waals surface area contributed by atoms with Gasteiger partial charge < -0.3 is 9.80 Å². The number of piperazine rings is 1. The van der Waals surface area contributed by atoms with E-state index in [4.69, 9.17) is 0 Å². The molecule has 0 radical (unpaired) electrons. The summed E-state index contributed by atoms with van der Waals surface area (Å²) in [4.78, 5) is 7.59. The van der Waals surface area contributed by atoms with E-state index in [1.807, 2.05) is 0 Å². The SMILES string of the molecule is CN1CCC(N2CCN(C)CC2)CC1. The molecule has 2 aliphatic rings. The Morgan fingerprint density at radius 2 is 1.21 bits per heavy atom. The van der Waals surface area contributed by atoms with Crippen LogP contribution in [-0.2, 0) is 0 Å². The van der Waals surface area contributed by atoms with E-state index >= 15 is 0 Å². The van der Waals surface area contributed by atoms with Gasteiger partial charge in [0.25, 0.3) is 0 Å². The molecular formula is C11H23N3. The van der Waals surface area contributed by atoms with E-state index in [1.165, 1.54) is 52.1 Å². The van der Waals surface area contributed by atoms with Crippen LogP contribution in [0.4, 0.5) is 0 Å². The molecule has 2 fully saturated rings. The summed E-state index contributed by atoms with van der Waals surface area (Å²) in [7, 11) is 4.46. The Labute approximate surface area is 87.7 Å². The summed E-state index contributed by atoms with van der Waals surface area (Å²) in [5, 5.41) is 0. The van der Waals surface area contributed by atoms with Gasteiger partial charge in [-0.1, -0.05) is 0 Å². The number of piperidine rings is 1. The second kappa shape index (κ2) is 4.60. The molecule has 14 heavy (non-hydrogen) atoms. The van der Waals surface area contributed by atoms with Crippen LogP contribution < -0.4 is 0 Å². The summed E-state index contributed by atoms with van der Waals surface area (Å²) < 4.78 is 0. The summed E-state index contributed by atoms with van der Waals surface area (Å²) >= 11 is 0. The zero-order valence-electron chi connectivity index (χ0n) is 9.58. The molecule has 0 spiro atoms. The first-order chi connectivity index (χ1) is 6.75. The number of hydrogen-bond donors (Lipinski definition) is 0. The van der Waals surface area contributed by atoms with Crippen LogP contribution in [0.5, 0.6) is 0 Å². The van der Waals surface area contributed by atoms with Crippen molar-refractivity contribution in [3.05, 3.63) is 0 Å². The number of rotatable bonds is 1. The lowest BCUT2D eigenvalue weighted by molar-refractivity contribution is 0.0742. The fraction of sp³-hybridized carbons (Fsp3) is 1.00. The fourth-order valence-corrected chi connectivity index (χ4v) is 2.55. The van der Waals surface area contributed by atoms with Gasteiger partial charge in [0.15, 0.2) is 0 Å². The highest BCUT2D eigenvalue weighted by atomic mass is 15.3. The predicted molar refractivity (Wildman–Crippen MR) is 59.6 cm³/mol. The van der Waals surface area contributed by atoms with E-state index in [0.29, 0.717) is 0 Å². The number of likely N-dealkylation sites (N-methyl/N-ethyl adjacent to an activating group) is 1. The van der Waals surface area contributed by atoms with Crippen LogP contribution in [-0.4, -0.2) is 74.1 Å². The highest BCUT2D eigenvalue weighted by Crippen LogP contribution is 2.16. The summed E-state index contributed by atoms with van der Waals surface area (Å²) in [5.41, 5.74) is 0. The molecule has 0 aromatic heterocycles. The molecule has 0 aliphatic carbocycles. The van der Waals surface area contributed by atoms with Crippen molar-refractivity contribution >= 4 is 0 Å². The largest absolute Gasteiger partial charge is 0.306 e. The summed E-state index contributed by atoms with van der Waals surface area (Å²) in [5.74, 6) is 0. The molecular weight excluding hydrogens is 174 g/mol. The third-order valence-corrected chi connectivity index (χ3v) is 3.74. The minimum Gasteiger partial charge on any atom is -0.306 e. The van der Waals surface area contributed by atoms with Gasteiger partial charge in [-0.2, -0.15) is 0 Å². The lowest BCUT2D eigenvalue weighted by atomic mass is 10.0. The van der Waals surface area contributed by atoms with Crippen LogP contribution >= 0.6 is 0 Å². The minimum absolute atomic E-state index is 0.875. The van der Waals surface area contributed by atoms with Gasteiger partial charge in [0.2, 0.25) is 0 Å². The van der Waals surface area contributed by atoms with Crippen LogP contribution in [0.1, 0.15) is 12.8 Å². The molecule has 0 N–H and O–H groups in total. The molecule has 82 valence electrons. The standard InChI is InChI=1S/C11H23N3/c1-12-5-3-11(4-6-12)14-9-7-13(2)8-10-14/h11H,3-10H2,1-2H3. The van der Waals surface area contributed by atoms with E-state index in [1.54, 1.807) is 0 Å². The van der Waals surface area contributed by atoms with Crippen molar-refractivity contribution in [1.82, 2.24) is 14.7 Å². The number of nitrogens with zero attached hydrogens (tertiary/aromatic N) is 3. The number of likely N-dealkylation sites (tertiary alicyclic amines) is 1. The molecule has 2 rings (SSSR count). The van der Waals surface area contributed by atoms with Crippen LogP contribution in [0.25, 0.3) is 0 Å². The van der Waals surface area contributed by atoms with Gasteiger partial charge >= 0.3 is 0 Å². The van der Waals surface area contributed by atoms with Crippen molar-refractivity contribution in [2.75, 3.05) is 53.4 Å². The molecule has 0 amide bonds. The smallest absolute Gasteiger partial charge is 0.0121 e. The third kappa shape index (κ3) is 2.47. The van der Waals surface area contributed by atoms with Gasteiger partial charge in [0, 0.05) is 32.2 Å². The van der Waals surface area contributed by atoms with Crippen LogP contribution in [0.2, 0.25) is 0 Å². The predicted octanol–water partition coefficient (Wildman–Crippen LogP) is 0.328. The molecule has 3 nitrogen and oxygen atoms in total. The average Bonchev–Trinajstić information content (AvgIpc) is 2.21. The van der Waals surface area contributed by atoms with E-state index in [2.05, 4.69) is 28.8 Å². The molecule has 0 aromatic carbocycles. The quantitative estimate of drug-likeness (QED) is 0.600. The monoisotopic (exact) mass is 197 g/mol. The fourth-order valence-electron chi connectivity index (χ4n) is 2.55. The Morgan fingerprint density at radius 3 is 1.79 bits per heavy atom. The maximum absolute atomic E-state index is 2.70. The first-order valence-corrected chi connectivity index (χ1v) is 5.87. The lowest BCUT2D eigenvalue weighted by Crippen LogP contribution is -2.51. The summed E-state index contributed by atoms with van der Waals surface area (Å²) in [6.07, 6.45) is 2.75. The maximum atomic E-state index is 2.70. The highest BCUT2D eigenvalue weighted by Gasteiger charge is 2.25. The van der Waals surface area contributed by atoms with Gasteiger partial charge in [0.1, 0.15) is 0 Å². The second-order valence-corrected chi connectivity index (χ2v) is 4.87. The molecule has 3 heteroatoms. The molecule has 2 saturated heterocycles. The Kier molecular flexibility index (Phi) is 3.42. The van der Waals surface area contributed by atoms with Crippen LogP contribution in [0.15, 0.2) is 0 Å². The van der Waals surface area contributed by atoms with Crippen LogP contribution in [0, 0.1) is 0 Å². The van der Waals surface area contributed by atoms with E-state index in [-0.39, 0.29) is 0 Å². The molecule has 2 heterocycles. The van der Waals surface area contributed by atoms with Crippen molar-refractivity contribution in [2.45, 2.75) is 18.9 Å². The zero-order chi connectivity index (χ0) is 9.97. The summed E-state index contributed by atoms with van der Waals surface area (Å²) in [6, 6.07) is 0.875. The zero-order valence-corrected chi connectivity index (χ0v) is 9.58. The van der Waals surface area contributed by atoms with Gasteiger partial charge in [0.05, 0.1) is 0 Å². The van der Waals surface area contributed by atoms with Crippen molar-refractivity contribution in [1.29, 1.82) is 0 Å². The van der Waals surface area contributed by atoms with Gasteiger partial charge in [-0.15, -0.1) is 0 Å². The molecule has 0 bridgehead atoms. The summed E-state index contributed by atoms with van der Waals surface area (Å²) in [6.45, 7) is 7.66. The maximum Gasteiger partial charge on any atom is 0.0121 e. The normalized spacial score (nSPS) is 29.6. The first kappa shape index (κ1) is 10.4. The van der Waals surface area contributed by atoms with E-state index in [9.17, 15) is 0 Å². The molecule has 0 unspecified atom stereocenters. The van der Waals surface area contributed by atoms with Crippen molar-refractivity contribution in [3.63, 3.8) is 0 Å². The number of hydrogen-bond acceptors (Lipinski definition) is 3. The second-order valence-electron chi connectivity index (χ2n) is 4.87. The molecule has 2 aliphatic heterocycles. The van der Waals surface area contributed by atoms with Crippen molar-refractivity contribution < 1.29 is 0 Å². The Balaban J connectivity index is 1.78. The van der Waals surface area contributed by atoms with E-state index < -0.39 is 0 Å². The topological polar surface area (TPSA) is 9.72 Å². The van der Waals surface area contributed by atoms with Gasteiger partial charge in [-0.25, -0.2) is 0 Å². The van der Waals surface area contributed by atoms with Crippen molar-refractivity contribution in [3.8, 4) is 0 Å². The average molecular weight is 197 g/mol. The molecule has 0 saturated carbocycles. The Hall–Kier alpha value is -0.120. The third-order valence-electron chi connectivity index (χ3n) is 3.74. The van der Waals surface area contributed by atoms with Gasteiger partial charge in [-0.05, 0) is 40.0 Å². The molecule has 0 aromatic rings.